The number of halogens is 1. The Hall–Kier alpha value is -2.89. The Kier molecular flexibility index (Phi) is 5.97. The Labute approximate surface area is 164 Å². The third-order valence-corrected chi connectivity index (χ3v) is 5.41. The number of piperidine rings is 1. The standard InChI is InChI=1S/C22H25FN2O3/c1-22(21(27)24-15-16-3-9-19(28-2)10-4-16)11-13-25(14-12-22)20(26)17-5-7-18(23)8-6-17/h3-10H,11-15H2,1-2H3,(H,24,27). The van der Waals surface area contributed by atoms with Crippen LogP contribution in [0.1, 0.15) is 35.7 Å². The molecule has 1 saturated heterocycles. The fourth-order valence-electron chi connectivity index (χ4n) is 3.34. The monoisotopic (exact) mass is 384 g/mol. The zero-order chi connectivity index (χ0) is 20.1. The minimum Gasteiger partial charge on any atom is -0.497 e. The molecule has 0 bridgehead atoms. The van der Waals surface area contributed by atoms with Crippen LogP contribution in [0.2, 0.25) is 0 Å². The lowest BCUT2D eigenvalue weighted by Crippen LogP contribution is -2.48. The van der Waals surface area contributed by atoms with E-state index in [1.165, 1.54) is 24.3 Å². The largest absolute Gasteiger partial charge is 0.497 e. The summed E-state index contributed by atoms with van der Waals surface area (Å²) in [4.78, 5) is 27.0. The highest BCUT2D eigenvalue weighted by molar-refractivity contribution is 5.94. The number of amides is 2. The normalized spacial score (nSPS) is 15.8. The maximum absolute atomic E-state index is 13.0. The van der Waals surface area contributed by atoms with Crippen molar-refractivity contribution >= 4 is 11.8 Å². The summed E-state index contributed by atoms with van der Waals surface area (Å²) in [6.45, 7) is 3.40. The summed E-state index contributed by atoms with van der Waals surface area (Å²) in [5.74, 6) is 0.287. The Morgan fingerprint density at radius 3 is 2.25 bits per heavy atom. The molecule has 0 atom stereocenters. The van der Waals surface area contributed by atoms with E-state index in [9.17, 15) is 14.0 Å². The fraction of sp³-hybridized carbons (Fsp3) is 0.364. The summed E-state index contributed by atoms with van der Waals surface area (Å²) >= 11 is 0. The lowest BCUT2D eigenvalue weighted by Gasteiger charge is -2.38. The van der Waals surface area contributed by atoms with E-state index in [2.05, 4.69) is 5.32 Å². The van der Waals surface area contributed by atoms with Gasteiger partial charge in [0, 0.05) is 30.6 Å². The van der Waals surface area contributed by atoms with E-state index in [-0.39, 0.29) is 17.6 Å². The van der Waals surface area contributed by atoms with E-state index in [1.807, 2.05) is 31.2 Å². The molecule has 1 N–H and O–H groups in total. The van der Waals surface area contributed by atoms with Crippen LogP contribution in [-0.2, 0) is 11.3 Å². The molecule has 6 heteroatoms. The number of benzene rings is 2. The van der Waals surface area contributed by atoms with Crippen molar-refractivity contribution in [1.82, 2.24) is 10.2 Å². The van der Waals surface area contributed by atoms with Gasteiger partial charge in [-0.25, -0.2) is 4.39 Å². The number of rotatable bonds is 5. The summed E-state index contributed by atoms with van der Waals surface area (Å²) in [7, 11) is 1.62. The molecular formula is C22H25FN2O3. The summed E-state index contributed by atoms with van der Waals surface area (Å²) in [5, 5.41) is 3.00. The van der Waals surface area contributed by atoms with Crippen LogP contribution < -0.4 is 10.1 Å². The van der Waals surface area contributed by atoms with Gasteiger partial charge in [0.25, 0.3) is 5.91 Å². The third-order valence-electron chi connectivity index (χ3n) is 5.41. The SMILES string of the molecule is COc1ccc(CNC(=O)C2(C)CCN(C(=O)c3ccc(F)cc3)CC2)cc1. The van der Waals surface area contributed by atoms with Gasteiger partial charge in [-0.15, -0.1) is 0 Å². The van der Waals surface area contributed by atoms with Gasteiger partial charge in [0.2, 0.25) is 5.91 Å². The number of ether oxygens (including phenoxy) is 1. The van der Waals surface area contributed by atoms with Gasteiger partial charge >= 0.3 is 0 Å². The van der Waals surface area contributed by atoms with E-state index in [0.717, 1.165) is 11.3 Å². The highest BCUT2D eigenvalue weighted by atomic mass is 19.1. The quantitative estimate of drug-likeness (QED) is 0.860. The minimum atomic E-state index is -0.508. The minimum absolute atomic E-state index is 0.00259. The molecule has 148 valence electrons. The zero-order valence-corrected chi connectivity index (χ0v) is 16.2. The van der Waals surface area contributed by atoms with Crippen LogP contribution in [0.4, 0.5) is 4.39 Å². The van der Waals surface area contributed by atoms with Crippen LogP contribution in [0.3, 0.4) is 0 Å². The molecule has 0 unspecified atom stereocenters. The number of methoxy groups -OCH3 is 1. The molecule has 0 aromatic heterocycles. The molecule has 0 radical (unpaired) electrons. The predicted molar refractivity (Wildman–Crippen MR) is 104 cm³/mol. The lowest BCUT2D eigenvalue weighted by atomic mass is 9.79. The van der Waals surface area contributed by atoms with Gasteiger partial charge in [-0.05, 0) is 54.8 Å². The fourth-order valence-corrected chi connectivity index (χ4v) is 3.34. The van der Waals surface area contributed by atoms with Crippen LogP contribution in [0.5, 0.6) is 5.75 Å². The summed E-state index contributed by atoms with van der Waals surface area (Å²) in [5.41, 5.74) is 0.960. The Morgan fingerprint density at radius 1 is 1.07 bits per heavy atom. The molecule has 5 nitrogen and oxygen atoms in total. The number of hydrogen-bond donors (Lipinski definition) is 1. The molecule has 3 rings (SSSR count). The van der Waals surface area contributed by atoms with Crippen molar-refractivity contribution in [2.45, 2.75) is 26.3 Å². The highest BCUT2D eigenvalue weighted by Gasteiger charge is 2.38. The summed E-state index contributed by atoms with van der Waals surface area (Å²) < 4.78 is 18.2. The predicted octanol–water partition coefficient (Wildman–Crippen LogP) is 3.39. The highest BCUT2D eigenvalue weighted by Crippen LogP contribution is 2.32. The Bertz CT molecular complexity index is 826. The molecule has 0 saturated carbocycles. The number of carbonyl (C=O) groups is 2. The topological polar surface area (TPSA) is 58.6 Å². The molecule has 0 spiro atoms. The average molecular weight is 384 g/mol. The van der Waals surface area contributed by atoms with Crippen molar-refractivity contribution in [2.75, 3.05) is 20.2 Å². The molecule has 28 heavy (non-hydrogen) atoms. The summed E-state index contributed by atoms with van der Waals surface area (Å²) in [6, 6.07) is 13.1. The number of carbonyl (C=O) groups excluding carboxylic acids is 2. The second-order valence-electron chi connectivity index (χ2n) is 7.39. The maximum Gasteiger partial charge on any atom is 0.253 e. The van der Waals surface area contributed by atoms with Crippen molar-refractivity contribution in [2.24, 2.45) is 5.41 Å². The van der Waals surface area contributed by atoms with Crippen LogP contribution in [-0.4, -0.2) is 36.9 Å². The van der Waals surface area contributed by atoms with Crippen LogP contribution in [0.15, 0.2) is 48.5 Å². The third kappa shape index (κ3) is 4.50. The van der Waals surface area contributed by atoms with E-state index in [1.54, 1.807) is 12.0 Å². The van der Waals surface area contributed by atoms with Gasteiger partial charge in [-0.2, -0.15) is 0 Å². The van der Waals surface area contributed by atoms with E-state index in [4.69, 9.17) is 4.74 Å². The van der Waals surface area contributed by atoms with Crippen LogP contribution in [0, 0.1) is 11.2 Å². The van der Waals surface area contributed by atoms with Gasteiger partial charge in [-0.1, -0.05) is 19.1 Å². The number of nitrogens with zero attached hydrogens (tertiary/aromatic N) is 1. The van der Waals surface area contributed by atoms with Crippen molar-refractivity contribution in [3.8, 4) is 5.75 Å². The van der Waals surface area contributed by atoms with Gasteiger partial charge < -0.3 is 15.0 Å². The second kappa shape index (κ2) is 8.42. The molecule has 1 aliphatic rings. The molecule has 0 aliphatic carbocycles. The number of hydrogen-bond acceptors (Lipinski definition) is 3. The first-order valence-corrected chi connectivity index (χ1v) is 9.37. The maximum atomic E-state index is 13.0. The molecular weight excluding hydrogens is 359 g/mol. The molecule has 1 fully saturated rings. The van der Waals surface area contributed by atoms with Crippen molar-refractivity contribution in [1.29, 1.82) is 0 Å². The molecule has 2 aromatic rings. The smallest absolute Gasteiger partial charge is 0.253 e. The molecule has 2 amide bonds. The summed E-state index contributed by atoms with van der Waals surface area (Å²) in [6.07, 6.45) is 1.18. The van der Waals surface area contributed by atoms with E-state index in [0.29, 0.717) is 38.0 Å². The Balaban J connectivity index is 1.53. The first-order chi connectivity index (χ1) is 13.4. The zero-order valence-electron chi connectivity index (χ0n) is 16.2. The molecule has 1 heterocycles. The molecule has 2 aromatic carbocycles. The Morgan fingerprint density at radius 2 is 1.68 bits per heavy atom. The van der Waals surface area contributed by atoms with Gasteiger partial charge in [-0.3, -0.25) is 9.59 Å². The van der Waals surface area contributed by atoms with Gasteiger partial charge in [0.05, 0.1) is 7.11 Å². The first kappa shape index (κ1) is 19.9. The average Bonchev–Trinajstić information content (AvgIpc) is 2.73. The van der Waals surface area contributed by atoms with E-state index >= 15 is 0 Å². The number of nitrogens with one attached hydrogen (secondary N) is 1. The van der Waals surface area contributed by atoms with Crippen molar-refractivity contribution in [3.63, 3.8) is 0 Å². The van der Waals surface area contributed by atoms with Gasteiger partial charge in [0.15, 0.2) is 0 Å². The van der Waals surface area contributed by atoms with Crippen molar-refractivity contribution in [3.05, 3.63) is 65.5 Å². The second-order valence-corrected chi connectivity index (χ2v) is 7.39. The first-order valence-electron chi connectivity index (χ1n) is 9.37. The molecule has 1 aliphatic heterocycles. The number of likely N-dealkylation sites (tertiary alicyclic amines) is 1. The van der Waals surface area contributed by atoms with Crippen LogP contribution in [0.25, 0.3) is 0 Å². The van der Waals surface area contributed by atoms with Crippen molar-refractivity contribution < 1.29 is 18.7 Å². The van der Waals surface area contributed by atoms with Gasteiger partial charge in [0.1, 0.15) is 11.6 Å². The van der Waals surface area contributed by atoms with E-state index < -0.39 is 5.41 Å². The lowest BCUT2D eigenvalue weighted by molar-refractivity contribution is -0.132. The van der Waals surface area contributed by atoms with Crippen LogP contribution >= 0.6 is 0 Å².